The average Bonchev–Trinajstić information content (AvgIpc) is 2.76. The first-order valence-corrected chi connectivity index (χ1v) is 9.52. The highest BCUT2D eigenvalue weighted by Gasteiger charge is 2.30. The second kappa shape index (κ2) is 10.4. The molecule has 0 aromatic heterocycles. The number of alkyl halides is 3. The molecule has 0 saturated carbocycles. The minimum atomic E-state index is -4.44. The number of carbonyl (C=O) groups excluding carboxylic acids is 1. The smallest absolute Gasteiger partial charge is 0.416 e. The lowest BCUT2D eigenvalue weighted by Gasteiger charge is -2.12. The number of carbonyl (C=O) groups is 1. The lowest BCUT2D eigenvalue weighted by atomic mass is 10.2. The number of para-hydroxylation sites is 1. The Morgan fingerprint density at radius 1 is 0.774 bits per heavy atom. The van der Waals surface area contributed by atoms with Crippen LogP contribution in [0.5, 0.6) is 11.5 Å². The number of halogens is 3. The summed E-state index contributed by atoms with van der Waals surface area (Å²) in [5, 5.41) is 5.37. The fraction of sp³-hybridized carbons (Fsp3) is 0.174. The molecule has 5 nitrogen and oxygen atoms in total. The van der Waals surface area contributed by atoms with Gasteiger partial charge in [-0.15, -0.1) is 0 Å². The SMILES string of the molecule is O=C(CNc1cccc(C(F)(F)F)c1)Nc1cccc(OCCOc2ccccc2)c1. The quantitative estimate of drug-likeness (QED) is 0.458. The van der Waals surface area contributed by atoms with Crippen LogP contribution in [0, 0.1) is 0 Å². The number of anilines is 2. The van der Waals surface area contributed by atoms with Crippen LogP contribution in [0.4, 0.5) is 24.5 Å². The molecule has 0 aliphatic rings. The van der Waals surface area contributed by atoms with Crippen LogP contribution in [-0.4, -0.2) is 25.7 Å². The Labute approximate surface area is 177 Å². The van der Waals surface area contributed by atoms with Crippen molar-refractivity contribution in [2.24, 2.45) is 0 Å². The lowest BCUT2D eigenvalue weighted by molar-refractivity contribution is -0.137. The van der Waals surface area contributed by atoms with Gasteiger partial charge >= 0.3 is 6.18 Å². The molecule has 31 heavy (non-hydrogen) atoms. The van der Waals surface area contributed by atoms with Crippen LogP contribution in [0.2, 0.25) is 0 Å². The summed E-state index contributed by atoms with van der Waals surface area (Å²) < 4.78 is 49.5. The van der Waals surface area contributed by atoms with E-state index in [0.717, 1.165) is 17.9 Å². The summed E-state index contributed by atoms with van der Waals surface area (Å²) in [6, 6.07) is 20.9. The van der Waals surface area contributed by atoms with Gasteiger partial charge < -0.3 is 20.1 Å². The van der Waals surface area contributed by atoms with Gasteiger partial charge in [0, 0.05) is 17.4 Å². The molecule has 0 aliphatic heterocycles. The zero-order valence-electron chi connectivity index (χ0n) is 16.5. The summed E-state index contributed by atoms with van der Waals surface area (Å²) in [6.07, 6.45) is -4.44. The third-order valence-corrected chi connectivity index (χ3v) is 4.12. The van der Waals surface area contributed by atoms with E-state index in [9.17, 15) is 18.0 Å². The van der Waals surface area contributed by atoms with Gasteiger partial charge in [0.15, 0.2) is 0 Å². The number of nitrogens with one attached hydrogen (secondary N) is 2. The molecule has 3 aromatic rings. The molecule has 0 aliphatic carbocycles. The van der Waals surface area contributed by atoms with Crippen molar-refractivity contribution in [3.8, 4) is 11.5 Å². The molecule has 0 radical (unpaired) electrons. The Bertz CT molecular complexity index is 995. The van der Waals surface area contributed by atoms with E-state index >= 15 is 0 Å². The van der Waals surface area contributed by atoms with Crippen molar-refractivity contribution in [2.45, 2.75) is 6.18 Å². The van der Waals surface area contributed by atoms with Gasteiger partial charge in [0.25, 0.3) is 0 Å². The summed E-state index contributed by atoms with van der Waals surface area (Å²) in [5.41, 5.74) is -0.0585. The largest absolute Gasteiger partial charge is 0.490 e. The van der Waals surface area contributed by atoms with Gasteiger partial charge in [0.1, 0.15) is 24.7 Å². The summed E-state index contributed by atoms with van der Waals surface area (Å²) in [7, 11) is 0. The van der Waals surface area contributed by atoms with E-state index in [-0.39, 0.29) is 12.2 Å². The van der Waals surface area contributed by atoms with Gasteiger partial charge in [0.05, 0.1) is 12.1 Å². The predicted molar refractivity (Wildman–Crippen MR) is 112 cm³/mol. The molecule has 162 valence electrons. The standard InChI is InChI=1S/C23H21F3N2O3/c24-23(25,26)17-6-4-7-18(14-17)27-16-22(29)28-19-8-5-11-21(15-19)31-13-12-30-20-9-2-1-3-10-20/h1-11,14-15,27H,12-13,16H2,(H,28,29). The maximum atomic E-state index is 12.8. The normalized spacial score (nSPS) is 10.9. The number of hydrogen-bond donors (Lipinski definition) is 2. The van der Waals surface area contributed by atoms with Crippen molar-refractivity contribution in [2.75, 3.05) is 30.4 Å². The number of rotatable bonds is 9. The Balaban J connectivity index is 1.45. The van der Waals surface area contributed by atoms with E-state index in [1.807, 2.05) is 30.3 Å². The Morgan fingerprint density at radius 2 is 1.42 bits per heavy atom. The third-order valence-electron chi connectivity index (χ3n) is 4.12. The van der Waals surface area contributed by atoms with Crippen LogP contribution < -0.4 is 20.1 Å². The molecule has 3 rings (SSSR count). The summed E-state index contributed by atoms with van der Waals surface area (Å²) in [4.78, 5) is 12.1. The lowest BCUT2D eigenvalue weighted by Crippen LogP contribution is -2.22. The van der Waals surface area contributed by atoms with Crippen molar-refractivity contribution in [3.63, 3.8) is 0 Å². The fourth-order valence-electron chi connectivity index (χ4n) is 2.69. The molecule has 0 heterocycles. The molecule has 1 amide bonds. The van der Waals surface area contributed by atoms with Crippen molar-refractivity contribution < 1.29 is 27.4 Å². The first-order valence-electron chi connectivity index (χ1n) is 9.52. The average molecular weight is 430 g/mol. The first-order chi connectivity index (χ1) is 14.9. The van der Waals surface area contributed by atoms with Crippen LogP contribution in [-0.2, 0) is 11.0 Å². The third kappa shape index (κ3) is 7.26. The van der Waals surface area contributed by atoms with Gasteiger partial charge in [-0.05, 0) is 42.5 Å². The topological polar surface area (TPSA) is 59.6 Å². The molecule has 0 unspecified atom stereocenters. The summed E-state index contributed by atoms with van der Waals surface area (Å²) in [6.45, 7) is 0.502. The molecule has 2 N–H and O–H groups in total. The predicted octanol–water partition coefficient (Wildman–Crippen LogP) is 5.21. The van der Waals surface area contributed by atoms with Gasteiger partial charge in [0.2, 0.25) is 5.91 Å². The molecular weight excluding hydrogens is 409 g/mol. The van der Waals surface area contributed by atoms with Crippen LogP contribution >= 0.6 is 0 Å². The van der Waals surface area contributed by atoms with Crippen molar-refractivity contribution in [1.29, 1.82) is 0 Å². The first kappa shape index (κ1) is 22.0. The second-order valence-corrected chi connectivity index (χ2v) is 6.52. The van der Waals surface area contributed by atoms with E-state index in [2.05, 4.69) is 10.6 Å². The molecule has 0 atom stereocenters. The minimum Gasteiger partial charge on any atom is -0.490 e. The summed E-state index contributed by atoms with van der Waals surface area (Å²) >= 11 is 0. The highest BCUT2D eigenvalue weighted by atomic mass is 19.4. The van der Waals surface area contributed by atoms with Crippen LogP contribution in [0.25, 0.3) is 0 Å². The maximum absolute atomic E-state index is 12.8. The zero-order valence-corrected chi connectivity index (χ0v) is 16.5. The van der Waals surface area contributed by atoms with Crippen LogP contribution in [0.15, 0.2) is 78.9 Å². The van der Waals surface area contributed by atoms with Gasteiger partial charge in [-0.25, -0.2) is 0 Å². The van der Waals surface area contributed by atoms with E-state index in [1.54, 1.807) is 24.3 Å². The number of amides is 1. The number of hydrogen-bond acceptors (Lipinski definition) is 4. The monoisotopic (exact) mass is 430 g/mol. The van der Waals surface area contributed by atoms with Gasteiger partial charge in [-0.2, -0.15) is 13.2 Å². The van der Waals surface area contributed by atoms with Crippen LogP contribution in [0.3, 0.4) is 0 Å². The van der Waals surface area contributed by atoms with Crippen molar-refractivity contribution in [1.82, 2.24) is 0 Å². The Hall–Kier alpha value is -3.68. The van der Waals surface area contributed by atoms with Crippen molar-refractivity contribution in [3.05, 3.63) is 84.4 Å². The fourth-order valence-corrected chi connectivity index (χ4v) is 2.69. The van der Waals surface area contributed by atoms with E-state index in [4.69, 9.17) is 9.47 Å². The van der Waals surface area contributed by atoms with E-state index in [1.165, 1.54) is 12.1 Å². The molecule has 0 bridgehead atoms. The molecule has 0 saturated heterocycles. The molecule has 8 heteroatoms. The Kier molecular flexibility index (Phi) is 7.37. The second-order valence-electron chi connectivity index (χ2n) is 6.52. The zero-order chi connectivity index (χ0) is 22.1. The molecule has 0 fully saturated rings. The highest BCUT2D eigenvalue weighted by Crippen LogP contribution is 2.30. The van der Waals surface area contributed by atoms with E-state index < -0.39 is 17.6 Å². The number of benzene rings is 3. The minimum absolute atomic E-state index is 0.183. The molecular formula is C23H21F3N2O3. The molecule has 0 spiro atoms. The van der Waals surface area contributed by atoms with Gasteiger partial charge in [-0.3, -0.25) is 4.79 Å². The van der Waals surface area contributed by atoms with E-state index in [0.29, 0.717) is 24.7 Å². The number of ether oxygens (including phenoxy) is 2. The maximum Gasteiger partial charge on any atom is 0.416 e. The molecule has 3 aromatic carbocycles. The van der Waals surface area contributed by atoms with Crippen LogP contribution in [0.1, 0.15) is 5.56 Å². The highest BCUT2D eigenvalue weighted by molar-refractivity contribution is 5.93. The Morgan fingerprint density at radius 3 is 2.16 bits per heavy atom. The summed E-state index contributed by atoms with van der Waals surface area (Å²) in [5.74, 6) is 0.905. The van der Waals surface area contributed by atoms with Crippen molar-refractivity contribution >= 4 is 17.3 Å². The van der Waals surface area contributed by atoms with Gasteiger partial charge in [-0.1, -0.05) is 30.3 Å².